The molecule has 62 valence electrons. The van der Waals surface area contributed by atoms with Crippen LogP contribution >= 0.6 is 0 Å². The molecule has 0 unspecified atom stereocenters. The average molecular weight is 158 g/mol. The van der Waals surface area contributed by atoms with E-state index in [1.54, 1.807) is 0 Å². The summed E-state index contributed by atoms with van der Waals surface area (Å²) in [6, 6.07) is 0. The van der Waals surface area contributed by atoms with Gasteiger partial charge in [-0.15, -0.1) is 4.91 Å². The Balaban J connectivity index is 2.72. The van der Waals surface area contributed by atoms with Crippen molar-refractivity contribution in [2.75, 3.05) is 13.1 Å². The van der Waals surface area contributed by atoms with E-state index < -0.39 is 11.5 Å². The molecule has 1 saturated heterocycles. The van der Waals surface area contributed by atoms with Crippen LogP contribution in [0.15, 0.2) is 5.18 Å². The third-order valence-corrected chi connectivity index (χ3v) is 2.00. The summed E-state index contributed by atoms with van der Waals surface area (Å²) in [5.41, 5.74) is -1.36. The van der Waals surface area contributed by atoms with Gasteiger partial charge in [0.1, 0.15) is 0 Å². The third-order valence-electron chi connectivity index (χ3n) is 2.00. The first-order valence-electron chi connectivity index (χ1n) is 3.50. The maximum Gasteiger partial charge on any atom is 0.335 e. The first-order valence-corrected chi connectivity index (χ1v) is 3.50. The Bertz CT molecular complexity index is 175. The number of carboxylic acids is 1. The SMILES string of the molecule is O=NC1(C(=O)O)CCNCC1. The molecule has 2 N–H and O–H groups in total. The molecule has 0 atom stereocenters. The number of nitrogens with one attached hydrogen (secondary N) is 1. The molecule has 0 aromatic carbocycles. The van der Waals surface area contributed by atoms with Gasteiger partial charge in [0.25, 0.3) is 0 Å². The van der Waals surface area contributed by atoms with E-state index in [1.165, 1.54) is 0 Å². The maximum absolute atomic E-state index is 10.6. The average Bonchev–Trinajstić information content (AvgIpc) is 2.05. The fourth-order valence-corrected chi connectivity index (χ4v) is 1.18. The van der Waals surface area contributed by atoms with Crippen LogP contribution in [0.5, 0.6) is 0 Å². The van der Waals surface area contributed by atoms with Crippen LogP contribution in [0.25, 0.3) is 0 Å². The van der Waals surface area contributed by atoms with Gasteiger partial charge in [-0.3, -0.25) is 0 Å². The second kappa shape index (κ2) is 2.96. The standard InChI is InChI=1S/C6H10N2O3/c9-5(10)6(8-11)1-3-7-4-2-6/h7H,1-4H2,(H,9,10). The molecule has 1 aliphatic heterocycles. The van der Waals surface area contributed by atoms with Crippen LogP contribution in [0.3, 0.4) is 0 Å². The highest BCUT2D eigenvalue weighted by Gasteiger charge is 2.41. The number of nitroso groups, excluding NO2 is 1. The highest BCUT2D eigenvalue weighted by Crippen LogP contribution is 2.22. The highest BCUT2D eigenvalue weighted by atomic mass is 16.4. The van der Waals surface area contributed by atoms with Crippen molar-refractivity contribution in [2.45, 2.75) is 18.4 Å². The molecular weight excluding hydrogens is 148 g/mol. The molecule has 0 bridgehead atoms. The molecule has 11 heavy (non-hydrogen) atoms. The van der Waals surface area contributed by atoms with Crippen LogP contribution < -0.4 is 5.32 Å². The van der Waals surface area contributed by atoms with Gasteiger partial charge in [0.15, 0.2) is 0 Å². The summed E-state index contributed by atoms with van der Waals surface area (Å²) < 4.78 is 0. The van der Waals surface area contributed by atoms with Gasteiger partial charge in [-0.25, -0.2) is 4.79 Å². The van der Waals surface area contributed by atoms with Gasteiger partial charge < -0.3 is 10.4 Å². The van der Waals surface area contributed by atoms with E-state index >= 15 is 0 Å². The molecule has 0 aliphatic carbocycles. The number of piperidine rings is 1. The molecule has 0 aromatic heterocycles. The minimum atomic E-state index is -1.36. The summed E-state index contributed by atoms with van der Waals surface area (Å²) in [6.45, 7) is 1.11. The topological polar surface area (TPSA) is 78.8 Å². The van der Waals surface area contributed by atoms with Crippen molar-refractivity contribution in [1.29, 1.82) is 0 Å². The normalized spacial score (nSPS) is 22.5. The van der Waals surface area contributed by atoms with Gasteiger partial charge in [0.2, 0.25) is 5.54 Å². The molecule has 1 heterocycles. The zero-order chi connectivity index (χ0) is 8.32. The molecule has 1 aliphatic rings. The monoisotopic (exact) mass is 158 g/mol. The van der Waals surface area contributed by atoms with Crippen molar-refractivity contribution in [3.63, 3.8) is 0 Å². The summed E-state index contributed by atoms with van der Waals surface area (Å²) in [5.74, 6) is -1.10. The Labute approximate surface area is 63.8 Å². The van der Waals surface area contributed by atoms with Crippen LogP contribution in [0, 0.1) is 4.91 Å². The summed E-state index contributed by atoms with van der Waals surface area (Å²) in [4.78, 5) is 20.9. The molecule has 0 amide bonds. The smallest absolute Gasteiger partial charge is 0.335 e. The van der Waals surface area contributed by atoms with Crippen LogP contribution in [0.4, 0.5) is 0 Å². The lowest BCUT2D eigenvalue weighted by atomic mass is 9.90. The third kappa shape index (κ3) is 1.37. The van der Waals surface area contributed by atoms with E-state index in [9.17, 15) is 9.70 Å². The van der Waals surface area contributed by atoms with E-state index in [0.717, 1.165) is 0 Å². The Morgan fingerprint density at radius 1 is 1.45 bits per heavy atom. The van der Waals surface area contributed by atoms with Crippen molar-refractivity contribution < 1.29 is 9.90 Å². The maximum atomic E-state index is 10.6. The van der Waals surface area contributed by atoms with Crippen LogP contribution in [0.1, 0.15) is 12.8 Å². The Hall–Kier alpha value is -0.970. The van der Waals surface area contributed by atoms with Crippen LogP contribution in [-0.2, 0) is 4.79 Å². The largest absolute Gasteiger partial charge is 0.479 e. The molecule has 1 rings (SSSR count). The molecule has 5 heteroatoms. The summed E-state index contributed by atoms with van der Waals surface area (Å²) >= 11 is 0. The van der Waals surface area contributed by atoms with Gasteiger partial charge in [0.05, 0.1) is 0 Å². The number of hydrogen-bond acceptors (Lipinski definition) is 4. The Morgan fingerprint density at radius 3 is 2.27 bits per heavy atom. The highest BCUT2D eigenvalue weighted by molar-refractivity contribution is 5.79. The van der Waals surface area contributed by atoms with E-state index in [4.69, 9.17) is 5.11 Å². The second-order valence-corrected chi connectivity index (χ2v) is 2.68. The molecule has 0 radical (unpaired) electrons. The first-order chi connectivity index (χ1) is 5.21. The van der Waals surface area contributed by atoms with Crippen molar-refractivity contribution in [1.82, 2.24) is 5.32 Å². The van der Waals surface area contributed by atoms with Crippen LogP contribution in [-0.4, -0.2) is 29.7 Å². The van der Waals surface area contributed by atoms with Gasteiger partial charge in [-0.1, -0.05) is 5.18 Å². The van der Waals surface area contributed by atoms with Gasteiger partial charge in [-0.2, -0.15) is 0 Å². The number of carboxylic acid groups (broad SMARTS) is 1. The van der Waals surface area contributed by atoms with Gasteiger partial charge >= 0.3 is 5.97 Å². The molecular formula is C6H10N2O3. The van der Waals surface area contributed by atoms with Gasteiger partial charge in [0, 0.05) is 0 Å². The Morgan fingerprint density at radius 2 is 2.00 bits per heavy atom. The van der Waals surface area contributed by atoms with Crippen molar-refractivity contribution in [3.05, 3.63) is 4.91 Å². The Kier molecular flexibility index (Phi) is 2.19. The second-order valence-electron chi connectivity index (χ2n) is 2.68. The summed E-state index contributed by atoms with van der Waals surface area (Å²) in [5, 5.41) is 14.3. The fourth-order valence-electron chi connectivity index (χ4n) is 1.18. The zero-order valence-corrected chi connectivity index (χ0v) is 6.04. The molecule has 0 aromatic rings. The molecule has 5 nitrogen and oxygen atoms in total. The van der Waals surface area contributed by atoms with E-state index in [0.29, 0.717) is 25.9 Å². The number of rotatable bonds is 2. The minimum absolute atomic E-state index is 0.297. The first kappa shape index (κ1) is 8.13. The summed E-state index contributed by atoms with van der Waals surface area (Å²) in [7, 11) is 0. The van der Waals surface area contributed by atoms with Crippen molar-refractivity contribution in [3.8, 4) is 0 Å². The van der Waals surface area contributed by atoms with E-state index in [-0.39, 0.29) is 0 Å². The molecule has 0 spiro atoms. The number of nitrogens with zero attached hydrogens (tertiary/aromatic N) is 1. The molecule has 0 saturated carbocycles. The lowest BCUT2D eigenvalue weighted by Gasteiger charge is -2.26. The quantitative estimate of drug-likeness (QED) is 0.552. The van der Waals surface area contributed by atoms with Crippen molar-refractivity contribution >= 4 is 5.97 Å². The van der Waals surface area contributed by atoms with Crippen molar-refractivity contribution in [2.24, 2.45) is 5.18 Å². The lowest BCUT2D eigenvalue weighted by molar-refractivity contribution is -0.144. The van der Waals surface area contributed by atoms with E-state index in [1.807, 2.05) is 0 Å². The predicted molar refractivity (Wildman–Crippen MR) is 38.3 cm³/mol. The predicted octanol–water partition coefficient (Wildman–Crippen LogP) is -0.0404. The van der Waals surface area contributed by atoms with Crippen LogP contribution in [0.2, 0.25) is 0 Å². The number of carbonyl (C=O) groups is 1. The lowest BCUT2D eigenvalue weighted by Crippen LogP contribution is -2.46. The van der Waals surface area contributed by atoms with Gasteiger partial charge in [-0.05, 0) is 25.9 Å². The van der Waals surface area contributed by atoms with E-state index in [2.05, 4.69) is 10.5 Å². The number of hydrogen-bond donors (Lipinski definition) is 2. The molecule has 1 fully saturated rings. The summed E-state index contributed by atoms with van der Waals surface area (Å²) in [6.07, 6.45) is 0.595. The zero-order valence-electron chi connectivity index (χ0n) is 6.04. The minimum Gasteiger partial charge on any atom is -0.479 e. The fraction of sp³-hybridized carbons (Fsp3) is 0.833. The number of aliphatic carboxylic acids is 1.